The van der Waals surface area contributed by atoms with E-state index in [-0.39, 0.29) is 5.56 Å². The second-order valence-corrected chi connectivity index (χ2v) is 10.5. The molecule has 0 amide bonds. The van der Waals surface area contributed by atoms with E-state index in [1.54, 1.807) is 7.05 Å². The molecule has 2 heterocycles. The minimum atomic E-state index is -0.0269. The molecule has 4 aromatic carbocycles. The number of rotatable bonds is 4. The molecule has 0 aliphatic heterocycles. The molecule has 0 atom stereocenters. The minimum absolute atomic E-state index is 0.0269. The lowest BCUT2D eigenvalue weighted by molar-refractivity contribution is 0.952. The van der Waals surface area contributed by atoms with Gasteiger partial charge in [-0.1, -0.05) is 105 Å². The van der Waals surface area contributed by atoms with Gasteiger partial charge in [0, 0.05) is 40.0 Å². The Hall–Kier alpha value is -5.29. The Labute approximate surface area is 257 Å². The SMILES string of the molecule is CC.CN=C(N=C(C)c1cccc(-n2c3c(c4c5ccccc5c(=O)n(-c5ccccc5)c42)=CCCC=3)c1)c1ccccc1. The van der Waals surface area contributed by atoms with E-state index in [0.29, 0.717) is 5.84 Å². The van der Waals surface area contributed by atoms with E-state index in [2.05, 4.69) is 52.0 Å². The van der Waals surface area contributed by atoms with Gasteiger partial charge in [-0.2, -0.15) is 0 Å². The third-order valence-electron chi connectivity index (χ3n) is 7.97. The summed E-state index contributed by atoms with van der Waals surface area (Å²) in [5.74, 6) is 0.689. The molecule has 0 unspecified atom stereocenters. The molecule has 1 aliphatic rings. The molecule has 5 nitrogen and oxygen atoms in total. The van der Waals surface area contributed by atoms with Crippen LogP contribution < -0.4 is 16.1 Å². The largest absolute Gasteiger partial charge is 0.295 e. The summed E-state index contributed by atoms with van der Waals surface area (Å²) in [6.45, 7) is 6.02. The molecule has 1 aliphatic carbocycles. The molecule has 0 saturated carbocycles. The van der Waals surface area contributed by atoms with Crippen molar-refractivity contribution in [3.8, 4) is 11.4 Å². The average molecular weight is 577 g/mol. The van der Waals surface area contributed by atoms with Crippen LogP contribution in [0.1, 0.15) is 44.7 Å². The van der Waals surface area contributed by atoms with Crippen LogP contribution in [-0.2, 0) is 0 Å². The highest BCUT2D eigenvalue weighted by atomic mass is 16.1. The topological polar surface area (TPSA) is 51.6 Å². The number of para-hydroxylation sites is 1. The first-order valence-corrected chi connectivity index (χ1v) is 15.3. The van der Waals surface area contributed by atoms with Gasteiger partial charge in [0.25, 0.3) is 5.56 Å². The third kappa shape index (κ3) is 5.01. The molecule has 44 heavy (non-hydrogen) atoms. The lowest BCUT2D eigenvalue weighted by atomic mass is 10.1. The number of fused-ring (bicyclic) bond motifs is 5. The van der Waals surface area contributed by atoms with Crippen LogP contribution in [0.25, 0.3) is 45.3 Å². The smallest absolute Gasteiger partial charge is 0.264 e. The van der Waals surface area contributed by atoms with Crippen LogP contribution in [-0.4, -0.2) is 27.7 Å². The number of nitrogens with zero attached hydrogens (tertiary/aromatic N) is 4. The summed E-state index contributed by atoms with van der Waals surface area (Å²) < 4.78 is 4.13. The maximum Gasteiger partial charge on any atom is 0.264 e. The Morgan fingerprint density at radius 1 is 0.682 bits per heavy atom. The highest BCUT2D eigenvalue weighted by molar-refractivity contribution is 6.12. The standard InChI is InChI=1S/C37H30N4O.C2H6/c1-25(39-35(38-2)26-14-5-3-6-15-26)27-16-13-19-29(24-27)40-33-23-12-11-22-32(33)34-30-20-9-10-21-31(30)37(42)41(36(34)40)28-17-7-4-8-18-28;1-2/h3-10,13-24H,11-12H2,1-2H3;1-2H3. The molecule has 0 radical (unpaired) electrons. The zero-order valence-corrected chi connectivity index (χ0v) is 25.7. The fourth-order valence-corrected chi connectivity index (χ4v) is 6.03. The predicted octanol–water partition coefficient (Wildman–Crippen LogP) is 7.20. The summed E-state index contributed by atoms with van der Waals surface area (Å²) in [6, 6.07) is 36.4. The van der Waals surface area contributed by atoms with E-state index < -0.39 is 0 Å². The van der Waals surface area contributed by atoms with Crippen molar-refractivity contribution in [1.82, 2.24) is 9.13 Å². The van der Waals surface area contributed by atoms with Gasteiger partial charge in [-0.3, -0.25) is 18.9 Å². The normalized spacial score (nSPS) is 13.1. The summed E-state index contributed by atoms with van der Waals surface area (Å²) in [7, 11) is 1.77. The van der Waals surface area contributed by atoms with Crippen LogP contribution in [0.2, 0.25) is 0 Å². The summed E-state index contributed by atoms with van der Waals surface area (Å²) in [6.07, 6.45) is 6.54. The van der Waals surface area contributed by atoms with Crippen LogP contribution in [0.4, 0.5) is 0 Å². The fraction of sp³-hybridized carbons (Fsp3) is 0.154. The molecule has 218 valence electrons. The van der Waals surface area contributed by atoms with Gasteiger partial charge in [0.2, 0.25) is 0 Å². The fourth-order valence-electron chi connectivity index (χ4n) is 6.03. The maximum atomic E-state index is 14.2. The van der Waals surface area contributed by atoms with Gasteiger partial charge in [-0.15, -0.1) is 0 Å². The van der Waals surface area contributed by atoms with E-state index in [4.69, 9.17) is 4.99 Å². The molecule has 5 heteroatoms. The Balaban J connectivity index is 0.00000168. The molecular weight excluding hydrogens is 540 g/mol. The minimum Gasteiger partial charge on any atom is -0.295 e. The van der Waals surface area contributed by atoms with Crippen molar-refractivity contribution in [2.45, 2.75) is 33.6 Å². The lowest BCUT2D eigenvalue weighted by Gasteiger charge is -2.15. The molecule has 0 N–H and O–H groups in total. The number of aromatic nitrogens is 2. The van der Waals surface area contributed by atoms with Crippen LogP contribution >= 0.6 is 0 Å². The van der Waals surface area contributed by atoms with Gasteiger partial charge < -0.3 is 0 Å². The van der Waals surface area contributed by atoms with E-state index in [1.807, 2.05) is 104 Å². The molecule has 0 spiro atoms. The van der Waals surface area contributed by atoms with Crippen LogP contribution in [0.15, 0.2) is 124 Å². The molecule has 0 fully saturated rings. The number of benzene rings is 4. The molecule has 0 bridgehead atoms. The maximum absolute atomic E-state index is 14.2. The molecule has 6 aromatic rings. The van der Waals surface area contributed by atoms with E-state index >= 15 is 0 Å². The Kier molecular flexibility index (Phi) is 8.20. The van der Waals surface area contributed by atoms with Crippen LogP contribution in [0, 0.1) is 0 Å². The van der Waals surface area contributed by atoms with Gasteiger partial charge in [0.05, 0.1) is 11.0 Å². The first-order valence-electron chi connectivity index (χ1n) is 15.3. The number of hydrogen-bond donors (Lipinski definition) is 0. The molecule has 7 rings (SSSR count). The van der Waals surface area contributed by atoms with Crippen molar-refractivity contribution >= 4 is 45.5 Å². The summed E-state index contributed by atoms with van der Waals surface area (Å²) in [4.78, 5) is 23.6. The third-order valence-corrected chi connectivity index (χ3v) is 7.97. The van der Waals surface area contributed by atoms with Gasteiger partial charge in [-0.05, 0) is 61.0 Å². The van der Waals surface area contributed by atoms with Crippen molar-refractivity contribution in [3.63, 3.8) is 0 Å². The van der Waals surface area contributed by atoms with Crippen LogP contribution in [0.3, 0.4) is 0 Å². The van der Waals surface area contributed by atoms with Gasteiger partial charge in [0.15, 0.2) is 5.84 Å². The second-order valence-electron chi connectivity index (χ2n) is 10.5. The zero-order chi connectivity index (χ0) is 30.6. The highest BCUT2D eigenvalue weighted by Gasteiger charge is 2.21. The van der Waals surface area contributed by atoms with Crippen LogP contribution in [0.5, 0.6) is 0 Å². The molecule has 0 saturated heterocycles. The number of aliphatic imine (C=N–C) groups is 2. The molecular formula is C39H36N4O. The van der Waals surface area contributed by atoms with Crippen molar-refractivity contribution in [1.29, 1.82) is 0 Å². The number of amidine groups is 1. The van der Waals surface area contributed by atoms with Crippen molar-refractivity contribution in [2.75, 3.05) is 7.05 Å². The van der Waals surface area contributed by atoms with E-state index in [9.17, 15) is 4.79 Å². The monoisotopic (exact) mass is 576 g/mol. The second kappa shape index (κ2) is 12.5. The first kappa shape index (κ1) is 28.8. The predicted molar refractivity (Wildman–Crippen MR) is 186 cm³/mol. The summed E-state index contributed by atoms with van der Waals surface area (Å²) in [5, 5.41) is 5.09. The average Bonchev–Trinajstić information content (AvgIpc) is 3.44. The first-order chi connectivity index (χ1) is 21.7. The van der Waals surface area contributed by atoms with Gasteiger partial charge in [0.1, 0.15) is 5.65 Å². The van der Waals surface area contributed by atoms with Crippen molar-refractivity contribution < 1.29 is 0 Å². The van der Waals surface area contributed by atoms with E-state index in [0.717, 1.165) is 68.2 Å². The van der Waals surface area contributed by atoms with Gasteiger partial charge >= 0.3 is 0 Å². The summed E-state index contributed by atoms with van der Waals surface area (Å²) >= 11 is 0. The number of pyridine rings is 1. The zero-order valence-electron chi connectivity index (χ0n) is 25.7. The Morgan fingerprint density at radius 2 is 1.30 bits per heavy atom. The Morgan fingerprint density at radius 3 is 2.02 bits per heavy atom. The summed E-state index contributed by atoms with van der Waals surface area (Å²) in [5.41, 5.74) is 5.51. The van der Waals surface area contributed by atoms with Crippen molar-refractivity contribution in [2.24, 2.45) is 9.98 Å². The highest BCUT2D eigenvalue weighted by Crippen LogP contribution is 2.26. The van der Waals surface area contributed by atoms with Crippen molar-refractivity contribution in [3.05, 3.63) is 141 Å². The Bertz CT molecular complexity index is 2220. The number of hydrogen-bond acceptors (Lipinski definition) is 2. The van der Waals surface area contributed by atoms with Gasteiger partial charge in [-0.25, -0.2) is 4.99 Å². The quantitative estimate of drug-likeness (QED) is 0.162. The molecule has 2 aromatic heterocycles. The van der Waals surface area contributed by atoms with E-state index in [1.165, 1.54) is 5.22 Å². The lowest BCUT2D eigenvalue weighted by Crippen LogP contribution is -2.30.